The maximum atomic E-state index is 6.40. The number of nitrogens with one attached hydrogen (secondary N) is 1. The maximum absolute atomic E-state index is 6.40. The average molecular weight is 306 g/mol. The van der Waals surface area contributed by atoms with Gasteiger partial charge in [0.15, 0.2) is 0 Å². The number of aromatic nitrogens is 3. The standard InChI is InChI=1S/C15H20ClN5/c1-20-15(18-11-19-20)10-17-9-12-13(16)5-4-6-14(12)21-7-2-3-8-21/h4-6,11,17H,2-3,7-10H2,1H3. The van der Waals surface area contributed by atoms with E-state index in [4.69, 9.17) is 11.6 Å². The fourth-order valence-corrected chi connectivity index (χ4v) is 2.99. The van der Waals surface area contributed by atoms with Crippen molar-refractivity contribution in [1.29, 1.82) is 0 Å². The largest absolute Gasteiger partial charge is 0.371 e. The van der Waals surface area contributed by atoms with Crippen LogP contribution in [0.3, 0.4) is 0 Å². The molecule has 1 aromatic carbocycles. The topological polar surface area (TPSA) is 46.0 Å². The molecule has 1 aliphatic rings. The first kappa shape index (κ1) is 14.4. The van der Waals surface area contributed by atoms with Crippen molar-refractivity contribution in [3.63, 3.8) is 0 Å². The molecule has 1 saturated heterocycles. The number of rotatable bonds is 5. The summed E-state index contributed by atoms with van der Waals surface area (Å²) in [5.41, 5.74) is 2.42. The highest BCUT2D eigenvalue weighted by Crippen LogP contribution is 2.29. The summed E-state index contributed by atoms with van der Waals surface area (Å²) < 4.78 is 1.78. The minimum Gasteiger partial charge on any atom is -0.371 e. The van der Waals surface area contributed by atoms with E-state index in [9.17, 15) is 0 Å². The Kier molecular flexibility index (Phi) is 4.41. The van der Waals surface area contributed by atoms with E-state index in [1.165, 1.54) is 24.1 Å². The van der Waals surface area contributed by atoms with Gasteiger partial charge in [0.1, 0.15) is 12.2 Å². The highest BCUT2D eigenvalue weighted by atomic mass is 35.5. The maximum Gasteiger partial charge on any atom is 0.140 e. The molecule has 0 spiro atoms. The van der Waals surface area contributed by atoms with Crippen molar-refractivity contribution < 1.29 is 0 Å². The van der Waals surface area contributed by atoms with Crippen LogP contribution >= 0.6 is 11.6 Å². The van der Waals surface area contributed by atoms with Gasteiger partial charge >= 0.3 is 0 Å². The lowest BCUT2D eigenvalue weighted by molar-refractivity contribution is 0.613. The van der Waals surface area contributed by atoms with Crippen LogP contribution in [-0.4, -0.2) is 27.9 Å². The lowest BCUT2D eigenvalue weighted by atomic mass is 10.1. The second-order valence-corrected chi connectivity index (χ2v) is 5.74. The Morgan fingerprint density at radius 1 is 1.24 bits per heavy atom. The van der Waals surface area contributed by atoms with Crippen molar-refractivity contribution in [3.05, 3.63) is 40.9 Å². The van der Waals surface area contributed by atoms with Gasteiger partial charge in [-0.2, -0.15) is 5.10 Å². The molecule has 5 nitrogen and oxygen atoms in total. The SMILES string of the molecule is Cn1ncnc1CNCc1c(Cl)cccc1N1CCCC1. The molecule has 1 fully saturated rings. The zero-order valence-electron chi connectivity index (χ0n) is 12.2. The molecule has 1 aromatic heterocycles. The number of nitrogens with zero attached hydrogens (tertiary/aromatic N) is 4. The van der Waals surface area contributed by atoms with Gasteiger partial charge in [-0.25, -0.2) is 4.98 Å². The molecule has 1 N–H and O–H groups in total. The van der Waals surface area contributed by atoms with E-state index in [-0.39, 0.29) is 0 Å². The molecule has 0 saturated carbocycles. The van der Waals surface area contributed by atoms with E-state index in [0.717, 1.165) is 30.5 Å². The van der Waals surface area contributed by atoms with E-state index >= 15 is 0 Å². The molecule has 0 unspecified atom stereocenters. The summed E-state index contributed by atoms with van der Waals surface area (Å²) in [7, 11) is 1.90. The predicted octanol–water partition coefficient (Wildman–Crippen LogP) is 2.36. The lowest BCUT2D eigenvalue weighted by Gasteiger charge is -2.22. The van der Waals surface area contributed by atoms with Gasteiger partial charge in [-0.15, -0.1) is 0 Å². The molecule has 112 valence electrons. The Balaban J connectivity index is 1.70. The summed E-state index contributed by atoms with van der Waals surface area (Å²) in [6.07, 6.45) is 4.10. The zero-order chi connectivity index (χ0) is 14.7. The summed E-state index contributed by atoms with van der Waals surface area (Å²) in [5, 5.41) is 8.31. The molecule has 3 rings (SSSR count). The molecule has 2 aromatic rings. The minimum atomic E-state index is 0.682. The Bertz CT molecular complexity index is 604. The van der Waals surface area contributed by atoms with E-state index in [1.54, 1.807) is 11.0 Å². The molecule has 1 aliphatic heterocycles. The van der Waals surface area contributed by atoms with Crippen LogP contribution in [0.1, 0.15) is 24.2 Å². The van der Waals surface area contributed by atoms with E-state index in [1.807, 2.05) is 19.2 Å². The molecule has 0 atom stereocenters. The van der Waals surface area contributed by atoms with Gasteiger partial charge in [-0.1, -0.05) is 17.7 Å². The van der Waals surface area contributed by atoms with Crippen molar-refractivity contribution in [3.8, 4) is 0 Å². The number of anilines is 1. The van der Waals surface area contributed by atoms with E-state index in [0.29, 0.717) is 6.54 Å². The van der Waals surface area contributed by atoms with Crippen molar-refractivity contribution >= 4 is 17.3 Å². The van der Waals surface area contributed by atoms with Gasteiger partial charge in [-0.3, -0.25) is 4.68 Å². The number of halogens is 1. The number of hydrogen-bond donors (Lipinski definition) is 1. The second-order valence-electron chi connectivity index (χ2n) is 5.34. The monoisotopic (exact) mass is 305 g/mol. The van der Waals surface area contributed by atoms with E-state index < -0.39 is 0 Å². The van der Waals surface area contributed by atoms with Gasteiger partial charge in [0.2, 0.25) is 0 Å². The van der Waals surface area contributed by atoms with Crippen molar-refractivity contribution in [2.24, 2.45) is 7.05 Å². The highest BCUT2D eigenvalue weighted by Gasteiger charge is 2.17. The first-order valence-electron chi connectivity index (χ1n) is 7.31. The van der Waals surface area contributed by atoms with Crippen molar-refractivity contribution in [1.82, 2.24) is 20.1 Å². The number of aryl methyl sites for hydroxylation is 1. The third kappa shape index (κ3) is 3.19. The lowest BCUT2D eigenvalue weighted by Crippen LogP contribution is -2.22. The molecular formula is C15H20ClN5. The van der Waals surface area contributed by atoms with Crippen LogP contribution in [-0.2, 0) is 20.1 Å². The normalized spacial score (nSPS) is 14.9. The Labute approximate surface area is 129 Å². The molecule has 0 aliphatic carbocycles. The molecule has 0 radical (unpaired) electrons. The van der Waals surface area contributed by atoms with Gasteiger partial charge in [0.25, 0.3) is 0 Å². The van der Waals surface area contributed by atoms with Gasteiger partial charge in [0.05, 0.1) is 6.54 Å². The van der Waals surface area contributed by atoms with Crippen LogP contribution < -0.4 is 10.2 Å². The van der Waals surface area contributed by atoms with Crippen molar-refractivity contribution in [2.75, 3.05) is 18.0 Å². The van der Waals surface area contributed by atoms with Gasteiger partial charge in [0, 0.05) is 43.0 Å². The van der Waals surface area contributed by atoms with Crippen LogP contribution in [0, 0.1) is 0 Å². The average Bonchev–Trinajstić information content (AvgIpc) is 3.13. The predicted molar refractivity (Wildman–Crippen MR) is 84.4 cm³/mol. The molecule has 6 heteroatoms. The summed E-state index contributed by atoms with van der Waals surface area (Å²) in [4.78, 5) is 6.64. The highest BCUT2D eigenvalue weighted by molar-refractivity contribution is 6.31. The third-order valence-electron chi connectivity index (χ3n) is 3.93. The van der Waals surface area contributed by atoms with Crippen LogP contribution in [0.5, 0.6) is 0 Å². The van der Waals surface area contributed by atoms with Gasteiger partial charge < -0.3 is 10.2 Å². The van der Waals surface area contributed by atoms with Gasteiger partial charge in [-0.05, 0) is 25.0 Å². The quantitative estimate of drug-likeness (QED) is 0.921. The van der Waals surface area contributed by atoms with E-state index in [2.05, 4.69) is 26.4 Å². The molecule has 21 heavy (non-hydrogen) atoms. The second kappa shape index (κ2) is 6.45. The third-order valence-corrected chi connectivity index (χ3v) is 4.29. The number of hydrogen-bond acceptors (Lipinski definition) is 4. The first-order chi connectivity index (χ1) is 10.3. The molecule has 2 heterocycles. The summed E-state index contributed by atoms with van der Waals surface area (Å²) in [6.45, 7) is 3.66. The van der Waals surface area contributed by atoms with Crippen LogP contribution in [0.4, 0.5) is 5.69 Å². The summed E-state index contributed by atoms with van der Waals surface area (Å²) in [5.74, 6) is 0.921. The summed E-state index contributed by atoms with van der Waals surface area (Å²) in [6, 6.07) is 6.15. The van der Waals surface area contributed by atoms with Crippen molar-refractivity contribution in [2.45, 2.75) is 25.9 Å². The minimum absolute atomic E-state index is 0.682. The molecule has 0 bridgehead atoms. The Morgan fingerprint density at radius 3 is 2.76 bits per heavy atom. The zero-order valence-corrected chi connectivity index (χ0v) is 13.0. The smallest absolute Gasteiger partial charge is 0.140 e. The molecular weight excluding hydrogens is 286 g/mol. The Hall–Kier alpha value is -1.59. The summed E-state index contributed by atoms with van der Waals surface area (Å²) >= 11 is 6.40. The van der Waals surface area contributed by atoms with Crippen LogP contribution in [0.25, 0.3) is 0 Å². The first-order valence-corrected chi connectivity index (χ1v) is 7.69. The molecule has 0 amide bonds. The Morgan fingerprint density at radius 2 is 2.05 bits per heavy atom. The fraction of sp³-hybridized carbons (Fsp3) is 0.467. The number of benzene rings is 1. The van der Waals surface area contributed by atoms with Crippen LogP contribution in [0.2, 0.25) is 5.02 Å². The van der Waals surface area contributed by atoms with Crippen LogP contribution in [0.15, 0.2) is 24.5 Å². The fourth-order valence-electron chi connectivity index (χ4n) is 2.76.